The third-order valence-electron chi connectivity index (χ3n) is 3.20. The van der Waals surface area contributed by atoms with Crippen molar-refractivity contribution in [2.45, 2.75) is 44.6 Å². The number of carbonyl (C=O) groups is 1. The Balaban J connectivity index is 1.64. The highest BCUT2D eigenvalue weighted by Crippen LogP contribution is 2.23. The van der Waals surface area contributed by atoms with Gasteiger partial charge < -0.3 is 10.1 Å². The molecule has 1 unspecified atom stereocenters. The van der Waals surface area contributed by atoms with Gasteiger partial charge in [-0.3, -0.25) is 4.79 Å². The predicted molar refractivity (Wildman–Crippen MR) is 53.9 cm³/mol. The van der Waals surface area contributed by atoms with Crippen LogP contribution >= 0.6 is 0 Å². The summed E-state index contributed by atoms with van der Waals surface area (Å²) in [4.78, 5) is 11.5. The lowest BCUT2D eigenvalue weighted by molar-refractivity contribution is -0.154. The van der Waals surface area contributed by atoms with Crippen LogP contribution in [0.5, 0.6) is 0 Å². The second kappa shape index (κ2) is 4.78. The van der Waals surface area contributed by atoms with Crippen LogP contribution in [0.3, 0.4) is 0 Å². The van der Waals surface area contributed by atoms with E-state index in [1.54, 1.807) is 0 Å². The molecule has 0 bridgehead atoms. The maximum Gasteiger partial charge on any atom is 0.306 e. The molecule has 2 rings (SSSR count). The molecule has 0 aromatic rings. The first-order valence-electron chi connectivity index (χ1n) is 5.75. The van der Waals surface area contributed by atoms with Gasteiger partial charge in [0.1, 0.15) is 6.10 Å². The Morgan fingerprint density at radius 2 is 2.14 bits per heavy atom. The van der Waals surface area contributed by atoms with Gasteiger partial charge in [-0.25, -0.2) is 0 Å². The zero-order valence-corrected chi connectivity index (χ0v) is 8.63. The Bertz CT molecular complexity index is 195. The van der Waals surface area contributed by atoms with Crippen molar-refractivity contribution in [3.05, 3.63) is 0 Å². The summed E-state index contributed by atoms with van der Waals surface area (Å²) >= 11 is 0. The molecule has 2 aliphatic rings. The van der Waals surface area contributed by atoms with E-state index in [1.165, 1.54) is 19.3 Å². The zero-order valence-electron chi connectivity index (χ0n) is 8.63. The summed E-state index contributed by atoms with van der Waals surface area (Å²) in [6.07, 6.45) is 6.61. The molecule has 1 heterocycles. The fourth-order valence-electron chi connectivity index (χ4n) is 2.06. The lowest BCUT2D eigenvalue weighted by Crippen LogP contribution is -2.33. The topological polar surface area (TPSA) is 38.3 Å². The summed E-state index contributed by atoms with van der Waals surface area (Å²) in [6.45, 7) is 2.09. The van der Waals surface area contributed by atoms with E-state index in [0.717, 1.165) is 25.9 Å². The minimum Gasteiger partial charge on any atom is -0.462 e. The molecule has 1 saturated carbocycles. The highest BCUT2D eigenvalue weighted by molar-refractivity contribution is 5.70. The first kappa shape index (κ1) is 9.97. The van der Waals surface area contributed by atoms with Gasteiger partial charge in [-0.1, -0.05) is 0 Å². The molecular weight excluding hydrogens is 178 g/mol. The molecule has 1 N–H and O–H groups in total. The smallest absolute Gasteiger partial charge is 0.306 e. The lowest BCUT2D eigenvalue weighted by Gasteiger charge is -2.27. The fourth-order valence-corrected chi connectivity index (χ4v) is 2.06. The molecular formula is C11H19NO2. The van der Waals surface area contributed by atoms with E-state index in [0.29, 0.717) is 12.3 Å². The van der Waals surface area contributed by atoms with Crippen molar-refractivity contribution in [2.24, 2.45) is 5.92 Å². The van der Waals surface area contributed by atoms with Crippen LogP contribution in [0.15, 0.2) is 0 Å². The number of carbonyl (C=O) groups excluding carboxylic acids is 1. The van der Waals surface area contributed by atoms with Crippen molar-refractivity contribution in [1.82, 2.24) is 5.32 Å². The van der Waals surface area contributed by atoms with E-state index in [9.17, 15) is 4.79 Å². The number of hydrogen-bond donors (Lipinski definition) is 1. The van der Waals surface area contributed by atoms with Crippen molar-refractivity contribution in [1.29, 1.82) is 0 Å². The van der Waals surface area contributed by atoms with E-state index in [4.69, 9.17) is 4.74 Å². The van der Waals surface area contributed by atoms with Crippen molar-refractivity contribution in [3.8, 4) is 0 Å². The number of piperidine rings is 1. The third-order valence-corrected chi connectivity index (χ3v) is 3.20. The van der Waals surface area contributed by atoms with Crippen LogP contribution in [-0.4, -0.2) is 25.2 Å². The van der Waals surface area contributed by atoms with Gasteiger partial charge in [-0.2, -0.15) is 0 Å². The summed E-state index contributed by atoms with van der Waals surface area (Å²) in [5.74, 6) is 0.528. The van der Waals surface area contributed by atoms with Gasteiger partial charge in [-0.05, 0) is 51.1 Å². The zero-order chi connectivity index (χ0) is 9.80. The maximum atomic E-state index is 11.5. The van der Waals surface area contributed by atoms with Gasteiger partial charge in [0.05, 0.1) is 0 Å². The molecule has 0 spiro atoms. The van der Waals surface area contributed by atoms with Crippen molar-refractivity contribution < 1.29 is 9.53 Å². The molecule has 0 aromatic carbocycles. The molecule has 1 aliphatic heterocycles. The Labute approximate surface area is 85.2 Å². The lowest BCUT2D eigenvalue weighted by atomic mass is 9.95. The predicted octanol–water partition coefficient (Wildman–Crippen LogP) is 1.47. The first-order valence-corrected chi connectivity index (χ1v) is 5.75. The SMILES string of the molecule is O=C(CC1CCCNC1)OC1CCC1. The number of esters is 1. The minimum atomic E-state index is 0.0170. The van der Waals surface area contributed by atoms with Crippen molar-refractivity contribution in [2.75, 3.05) is 13.1 Å². The normalized spacial score (nSPS) is 28.1. The van der Waals surface area contributed by atoms with Gasteiger partial charge >= 0.3 is 5.97 Å². The highest BCUT2D eigenvalue weighted by atomic mass is 16.5. The van der Waals surface area contributed by atoms with Crippen LogP contribution in [0, 0.1) is 5.92 Å². The average Bonchev–Trinajstić information content (AvgIpc) is 2.13. The molecule has 3 heteroatoms. The van der Waals surface area contributed by atoms with Gasteiger partial charge in [0.2, 0.25) is 0 Å². The Hall–Kier alpha value is -0.570. The Kier molecular flexibility index (Phi) is 3.40. The summed E-state index contributed by atoms with van der Waals surface area (Å²) in [5.41, 5.74) is 0. The Morgan fingerprint density at radius 3 is 2.71 bits per heavy atom. The van der Waals surface area contributed by atoms with Gasteiger partial charge in [0.25, 0.3) is 0 Å². The van der Waals surface area contributed by atoms with E-state index >= 15 is 0 Å². The van der Waals surface area contributed by atoms with E-state index < -0.39 is 0 Å². The summed E-state index contributed by atoms with van der Waals surface area (Å²) in [6, 6.07) is 0. The molecule has 0 radical (unpaired) electrons. The molecule has 0 aromatic heterocycles. The largest absolute Gasteiger partial charge is 0.462 e. The quantitative estimate of drug-likeness (QED) is 0.696. The van der Waals surface area contributed by atoms with Crippen LogP contribution in [-0.2, 0) is 9.53 Å². The maximum absolute atomic E-state index is 11.5. The molecule has 0 amide bonds. The van der Waals surface area contributed by atoms with Crippen LogP contribution in [0.25, 0.3) is 0 Å². The molecule has 3 nitrogen and oxygen atoms in total. The fraction of sp³-hybridized carbons (Fsp3) is 0.909. The van der Waals surface area contributed by atoms with Crippen LogP contribution in [0.4, 0.5) is 0 Å². The summed E-state index contributed by atoms with van der Waals surface area (Å²) in [5, 5.41) is 3.31. The van der Waals surface area contributed by atoms with Crippen LogP contribution in [0.1, 0.15) is 38.5 Å². The highest BCUT2D eigenvalue weighted by Gasteiger charge is 2.24. The number of ether oxygens (including phenoxy) is 1. The number of rotatable bonds is 3. The average molecular weight is 197 g/mol. The van der Waals surface area contributed by atoms with E-state index in [1.807, 2.05) is 0 Å². The van der Waals surface area contributed by atoms with Gasteiger partial charge in [0, 0.05) is 6.42 Å². The van der Waals surface area contributed by atoms with E-state index in [-0.39, 0.29) is 12.1 Å². The van der Waals surface area contributed by atoms with Crippen LogP contribution < -0.4 is 5.32 Å². The van der Waals surface area contributed by atoms with Crippen molar-refractivity contribution in [3.63, 3.8) is 0 Å². The molecule has 14 heavy (non-hydrogen) atoms. The van der Waals surface area contributed by atoms with Gasteiger partial charge in [0.15, 0.2) is 0 Å². The molecule has 80 valence electrons. The first-order chi connectivity index (χ1) is 6.84. The minimum absolute atomic E-state index is 0.0170. The standard InChI is InChI=1S/C11H19NO2/c13-11(14-10-4-1-5-10)7-9-3-2-6-12-8-9/h9-10,12H,1-8H2. The second-order valence-electron chi connectivity index (χ2n) is 4.46. The molecule has 1 atom stereocenters. The van der Waals surface area contributed by atoms with Crippen LogP contribution in [0.2, 0.25) is 0 Å². The summed E-state index contributed by atoms with van der Waals surface area (Å²) in [7, 11) is 0. The van der Waals surface area contributed by atoms with E-state index in [2.05, 4.69) is 5.32 Å². The second-order valence-corrected chi connectivity index (χ2v) is 4.46. The van der Waals surface area contributed by atoms with Crippen molar-refractivity contribution >= 4 is 5.97 Å². The number of hydrogen-bond acceptors (Lipinski definition) is 3. The monoisotopic (exact) mass is 197 g/mol. The third kappa shape index (κ3) is 2.71. The molecule has 2 fully saturated rings. The Morgan fingerprint density at radius 1 is 1.29 bits per heavy atom. The number of nitrogens with one attached hydrogen (secondary N) is 1. The van der Waals surface area contributed by atoms with Gasteiger partial charge in [-0.15, -0.1) is 0 Å². The molecule has 1 saturated heterocycles. The molecule has 1 aliphatic carbocycles. The summed E-state index contributed by atoms with van der Waals surface area (Å²) < 4.78 is 5.32.